The van der Waals surface area contributed by atoms with Gasteiger partial charge in [0.2, 0.25) is 5.91 Å². The van der Waals surface area contributed by atoms with Gasteiger partial charge in [0.15, 0.2) is 0 Å². The lowest BCUT2D eigenvalue weighted by molar-refractivity contribution is -0.119. The van der Waals surface area contributed by atoms with Gasteiger partial charge in [0.25, 0.3) is 0 Å². The summed E-state index contributed by atoms with van der Waals surface area (Å²) in [6.45, 7) is 0. The first-order valence-electron chi connectivity index (χ1n) is 5.53. The summed E-state index contributed by atoms with van der Waals surface area (Å²) in [4.78, 5) is 22.5. The second-order valence-corrected chi connectivity index (χ2v) is 5.24. The van der Waals surface area contributed by atoms with Gasteiger partial charge in [0.05, 0.1) is 0 Å². The van der Waals surface area contributed by atoms with Gasteiger partial charge in [-0.05, 0) is 24.3 Å². The normalized spacial score (nSPS) is 18.6. The first-order valence-corrected chi connectivity index (χ1v) is 6.68. The van der Waals surface area contributed by atoms with Gasteiger partial charge in [-0.1, -0.05) is 0 Å². The maximum absolute atomic E-state index is 11.8. The highest BCUT2D eigenvalue weighted by Crippen LogP contribution is 2.26. The molecule has 6 heteroatoms. The number of carbonyl (C=O) groups excluding carboxylic acids is 1. The van der Waals surface area contributed by atoms with Crippen LogP contribution >= 0.6 is 11.8 Å². The van der Waals surface area contributed by atoms with Crippen LogP contribution in [0.15, 0.2) is 18.2 Å². The standard InChI is InChI=1S/C12H13NO4S/c14-10-5-8(1-2-9(10)12(16)17)13-11(15)7-3-4-18-6-7/h1-2,5,7,14H,3-4,6H2,(H,13,15)(H,16,17). The minimum atomic E-state index is -1.20. The smallest absolute Gasteiger partial charge is 0.339 e. The first-order chi connectivity index (χ1) is 8.58. The van der Waals surface area contributed by atoms with Crippen LogP contribution in [-0.2, 0) is 4.79 Å². The lowest BCUT2D eigenvalue weighted by atomic mass is 10.1. The van der Waals surface area contributed by atoms with Crippen molar-refractivity contribution in [2.45, 2.75) is 6.42 Å². The molecule has 0 bridgehead atoms. The van der Waals surface area contributed by atoms with Crippen LogP contribution in [0.1, 0.15) is 16.8 Å². The quantitative estimate of drug-likeness (QED) is 0.777. The van der Waals surface area contributed by atoms with E-state index in [0.717, 1.165) is 17.9 Å². The highest BCUT2D eigenvalue weighted by molar-refractivity contribution is 7.99. The molecule has 0 aromatic heterocycles. The molecular weight excluding hydrogens is 254 g/mol. The molecule has 1 saturated heterocycles. The minimum Gasteiger partial charge on any atom is -0.507 e. The van der Waals surface area contributed by atoms with Crippen molar-refractivity contribution >= 4 is 29.3 Å². The van der Waals surface area contributed by atoms with Gasteiger partial charge in [0.1, 0.15) is 11.3 Å². The molecule has 1 heterocycles. The Morgan fingerprint density at radius 3 is 2.72 bits per heavy atom. The van der Waals surface area contributed by atoms with E-state index in [4.69, 9.17) is 5.11 Å². The van der Waals surface area contributed by atoms with Gasteiger partial charge in [-0.25, -0.2) is 4.79 Å². The third-order valence-electron chi connectivity index (χ3n) is 2.80. The van der Waals surface area contributed by atoms with Crippen molar-refractivity contribution in [1.29, 1.82) is 0 Å². The molecule has 1 amide bonds. The van der Waals surface area contributed by atoms with Crippen molar-refractivity contribution in [3.63, 3.8) is 0 Å². The lowest BCUT2D eigenvalue weighted by Gasteiger charge is -2.10. The Hall–Kier alpha value is -1.69. The molecule has 0 radical (unpaired) electrons. The molecule has 1 aliphatic heterocycles. The van der Waals surface area contributed by atoms with E-state index in [1.807, 2.05) is 0 Å². The van der Waals surface area contributed by atoms with Crippen molar-refractivity contribution < 1.29 is 19.8 Å². The van der Waals surface area contributed by atoms with Crippen molar-refractivity contribution in [1.82, 2.24) is 0 Å². The summed E-state index contributed by atoms with van der Waals surface area (Å²) in [7, 11) is 0. The summed E-state index contributed by atoms with van der Waals surface area (Å²) in [5, 5.41) is 21.0. The molecule has 0 spiro atoms. The van der Waals surface area contributed by atoms with Gasteiger partial charge < -0.3 is 15.5 Å². The summed E-state index contributed by atoms with van der Waals surface area (Å²) < 4.78 is 0. The molecule has 1 aliphatic rings. The molecule has 2 rings (SSSR count). The number of carboxylic acids is 1. The SMILES string of the molecule is O=C(O)c1ccc(NC(=O)C2CCSC2)cc1O. The zero-order chi connectivity index (χ0) is 13.1. The molecule has 0 aliphatic carbocycles. The lowest BCUT2D eigenvalue weighted by Crippen LogP contribution is -2.22. The van der Waals surface area contributed by atoms with E-state index >= 15 is 0 Å². The molecule has 5 nitrogen and oxygen atoms in total. The van der Waals surface area contributed by atoms with Crippen LogP contribution in [0.2, 0.25) is 0 Å². The van der Waals surface area contributed by atoms with Gasteiger partial charge in [0, 0.05) is 23.4 Å². The minimum absolute atomic E-state index is 0.00343. The monoisotopic (exact) mass is 267 g/mol. The summed E-state index contributed by atoms with van der Waals surface area (Å²) >= 11 is 1.74. The van der Waals surface area contributed by atoms with Crippen LogP contribution < -0.4 is 5.32 Å². The number of thioether (sulfide) groups is 1. The number of carbonyl (C=O) groups is 2. The van der Waals surface area contributed by atoms with Crippen LogP contribution in [0, 0.1) is 5.92 Å². The molecule has 1 unspecified atom stereocenters. The number of aromatic carboxylic acids is 1. The molecule has 1 aromatic rings. The Kier molecular flexibility index (Phi) is 3.76. The van der Waals surface area contributed by atoms with Crippen molar-refractivity contribution in [3.05, 3.63) is 23.8 Å². The zero-order valence-electron chi connectivity index (χ0n) is 9.55. The first kappa shape index (κ1) is 12.8. The number of phenols is 1. The number of amides is 1. The van der Waals surface area contributed by atoms with Crippen molar-refractivity contribution in [2.24, 2.45) is 5.92 Å². The Morgan fingerprint density at radius 1 is 1.39 bits per heavy atom. The van der Waals surface area contributed by atoms with Gasteiger partial charge >= 0.3 is 5.97 Å². The molecule has 1 fully saturated rings. The van der Waals surface area contributed by atoms with Gasteiger partial charge in [-0.2, -0.15) is 11.8 Å². The third kappa shape index (κ3) is 2.76. The maximum atomic E-state index is 11.8. The number of hydrogen-bond acceptors (Lipinski definition) is 4. The number of carboxylic acid groups (broad SMARTS) is 1. The van der Waals surface area contributed by atoms with E-state index in [1.165, 1.54) is 18.2 Å². The summed E-state index contributed by atoms with van der Waals surface area (Å²) in [6, 6.07) is 4.00. The Labute approximate surface area is 108 Å². The largest absolute Gasteiger partial charge is 0.507 e. The fourth-order valence-corrected chi connectivity index (χ4v) is 3.00. The van der Waals surface area contributed by atoms with E-state index in [1.54, 1.807) is 11.8 Å². The van der Waals surface area contributed by atoms with Crippen molar-refractivity contribution in [3.8, 4) is 5.75 Å². The fourth-order valence-electron chi connectivity index (χ4n) is 1.78. The van der Waals surface area contributed by atoms with E-state index < -0.39 is 5.97 Å². The van der Waals surface area contributed by atoms with Crippen LogP contribution in [0.25, 0.3) is 0 Å². The predicted molar refractivity (Wildman–Crippen MR) is 69.1 cm³/mol. The topological polar surface area (TPSA) is 86.6 Å². The van der Waals surface area contributed by atoms with E-state index in [-0.39, 0.29) is 23.1 Å². The number of benzene rings is 1. The average molecular weight is 267 g/mol. The number of rotatable bonds is 3. The zero-order valence-corrected chi connectivity index (χ0v) is 10.4. The van der Waals surface area contributed by atoms with Crippen LogP contribution in [0.4, 0.5) is 5.69 Å². The number of hydrogen-bond donors (Lipinski definition) is 3. The highest BCUT2D eigenvalue weighted by Gasteiger charge is 2.23. The summed E-state index contributed by atoms with van der Waals surface area (Å²) in [5.74, 6) is 0.171. The summed E-state index contributed by atoms with van der Waals surface area (Å²) in [6.07, 6.45) is 0.857. The molecule has 18 heavy (non-hydrogen) atoms. The third-order valence-corrected chi connectivity index (χ3v) is 3.96. The Morgan fingerprint density at radius 2 is 2.17 bits per heavy atom. The highest BCUT2D eigenvalue weighted by atomic mass is 32.2. The van der Waals surface area contributed by atoms with E-state index in [9.17, 15) is 14.7 Å². The van der Waals surface area contributed by atoms with E-state index in [0.29, 0.717) is 5.69 Å². The number of anilines is 1. The van der Waals surface area contributed by atoms with Crippen LogP contribution in [0.5, 0.6) is 5.75 Å². The second kappa shape index (κ2) is 5.30. The fraction of sp³-hybridized carbons (Fsp3) is 0.333. The predicted octanol–water partition coefficient (Wildman–Crippen LogP) is 1.78. The van der Waals surface area contributed by atoms with Gasteiger partial charge in [-0.3, -0.25) is 4.79 Å². The average Bonchev–Trinajstić information content (AvgIpc) is 2.81. The molecule has 1 aromatic carbocycles. The molecule has 1 atom stereocenters. The Bertz CT molecular complexity index is 483. The van der Waals surface area contributed by atoms with Crippen molar-refractivity contribution in [2.75, 3.05) is 16.8 Å². The van der Waals surface area contributed by atoms with Gasteiger partial charge in [-0.15, -0.1) is 0 Å². The second-order valence-electron chi connectivity index (χ2n) is 4.09. The van der Waals surface area contributed by atoms with E-state index in [2.05, 4.69) is 5.32 Å². The molecular formula is C12H13NO4S. The van der Waals surface area contributed by atoms with Crippen LogP contribution in [0.3, 0.4) is 0 Å². The number of nitrogens with one attached hydrogen (secondary N) is 1. The maximum Gasteiger partial charge on any atom is 0.339 e. The molecule has 96 valence electrons. The molecule has 0 saturated carbocycles. The van der Waals surface area contributed by atoms with Crippen LogP contribution in [-0.4, -0.2) is 33.6 Å². The Balaban J connectivity index is 2.07. The molecule has 3 N–H and O–H groups in total. The summed E-state index contributed by atoms with van der Waals surface area (Å²) in [5.41, 5.74) is 0.240. The number of aromatic hydroxyl groups is 1.